The number of thiazole rings is 1. The first-order valence-electron chi connectivity index (χ1n) is 10.1. The molecule has 8 heteroatoms. The van der Waals surface area contributed by atoms with Gasteiger partial charge in [0.1, 0.15) is 18.2 Å². The largest absolute Gasteiger partial charge is 0.488 e. The fraction of sp³-hybridized carbons (Fsp3) is 0.120. The molecule has 0 N–H and O–H groups in total. The molecule has 2 aromatic heterocycles. The van der Waals surface area contributed by atoms with Crippen LogP contribution in [0.15, 0.2) is 53.3 Å². The van der Waals surface area contributed by atoms with Crippen molar-refractivity contribution in [2.75, 3.05) is 0 Å². The van der Waals surface area contributed by atoms with Crippen molar-refractivity contribution in [2.24, 2.45) is 0 Å². The SMILES string of the molecule is Cc1cc2nc3s/c(=C\c4cc(Cl)ccc4OCc4c(F)cccc4Cl)c(=O)n3c2cc1C. The lowest BCUT2D eigenvalue weighted by Crippen LogP contribution is -2.22. The second-order valence-corrected chi connectivity index (χ2v) is 9.59. The fourth-order valence-corrected chi connectivity index (χ4v) is 5.02. The third kappa shape index (κ3) is 3.99. The van der Waals surface area contributed by atoms with Gasteiger partial charge < -0.3 is 4.74 Å². The Labute approximate surface area is 202 Å². The van der Waals surface area contributed by atoms with Gasteiger partial charge in [-0.15, -0.1) is 0 Å². The number of hydrogen-bond donors (Lipinski definition) is 0. The topological polar surface area (TPSA) is 43.6 Å². The molecule has 0 atom stereocenters. The van der Waals surface area contributed by atoms with Gasteiger partial charge in [-0.3, -0.25) is 4.79 Å². The number of hydrogen-bond acceptors (Lipinski definition) is 4. The molecule has 0 aliphatic heterocycles. The Balaban J connectivity index is 1.59. The van der Waals surface area contributed by atoms with Crippen LogP contribution in [0.3, 0.4) is 0 Å². The van der Waals surface area contributed by atoms with E-state index >= 15 is 0 Å². The molecule has 0 spiro atoms. The van der Waals surface area contributed by atoms with Gasteiger partial charge in [-0.2, -0.15) is 0 Å². The van der Waals surface area contributed by atoms with E-state index in [0.29, 0.717) is 25.8 Å². The van der Waals surface area contributed by atoms with E-state index in [-0.39, 0.29) is 22.8 Å². The molecule has 33 heavy (non-hydrogen) atoms. The summed E-state index contributed by atoms with van der Waals surface area (Å²) in [5, 5.41) is 0.774. The van der Waals surface area contributed by atoms with E-state index in [2.05, 4.69) is 4.98 Å². The average molecular weight is 499 g/mol. The smallest absolute Gasteiger partial charge is 0.274 e. The predicted octanol–water partition coefficient (Wildman–Crippen LogP) is 6.10. The number of imidazole rings is 1. The Kier molecular flexibility index (Phi) is 5.60. The number of aromatic nitrogens is 2. The number of ether oxygens (including phenoxy) is 1. The highest BCUT2D eigenvalue weighted by atomic mass is 35.5. The number of benzene rings is 3. The molecule has 4 nitrogen and oxygen atoms in total. The van der Waals surface area contributed by atoms with Crippen molar-refractivity contribution in [1.29, 1.82) is 0 Å². The van der Waals surface area contributed by atoms with E-state index in [0.717, 1.165) is 22.2 Å². The van der Waals surface area contributed by atoms with Crippen LogP contribution in [-0.2, 0) is 6.61 Å². The third-order valence-electron chi connectivity index (χ3n) is 5.55. The van der Waals surface area contributed by atoms with Gasteiger partial charge in [-0.25, -0.2) is 13.8 Å². The van der Waals surface area contributed by atoms with Crippen molar-refractivity contribution in [3.05, 3.63) is 102 Å². The van der Waals surface area contributed by atoms with Crippen molar-refractivity contribution < 1.29 is 9.13 Å². The summed E-state index contributed by atoms with van der Waals surface area (Å²) in [7, 11) is 0. The van der Waals surface area contributed by atoms with Crippen LogP contribution in [-0.4, -0.2) is 9.38 Å². The molecular formula is C25H17Cl2FN2O2S. The van der Waals surface area contributed by atoms with Gasteiger partial charge in [0.15, 0.2) is 4.96 Å². The highest BCUT2D eigenvalue weighted by Crippen LogP contribution is 2.27. The minimum atomic E-state index is -0.444. The first-order chi connectivity index (χ1) is 15.8. The Hall–Kier alpha value is -2.93. The molecule has 0 amide bonds. The summed E-state index contributed by atoms with van der Waals surface area (Å²) in [6.45, 7) is 3.97. The number of aryl methyl sites for hydroxylation is 2. The molecule has 0 radical (unpaired) electrons. The molecule has 2 heterocycles. The molecule has 0 saturated heterocycles. The van der Waals surface area contributed by atoms with Crippen molar-refractivity contribution in [3.8, 4) is 5.75 Å². The maximum atomic E-state index is 14.1. The van der Waals surface area contributed by atoms with E-state index in [1.54, 1.807) is 34.7 Å². The molecular weight excluding hydrogens is 482 g/mol. The molecule has 0 fully saturated rings. The molecule has 5 rings (SSSR count). The highest BCUT2D eigenvalue weighted by molar-refractivity contribution is 7.15. The first-order valence-corrected chi connectivity index (χ1v) is 11.7. The monoisotopic (exact) mass is 498 g/mol. The zero-order chi connectivity index (χ0) is 23.3. The zero-order valence-corrected chi connectivity index (χ0v) is 20.0. The van der Waals surface area contributed by atoms with E-state index in [1.165, 1.54) is 23.5 Å². The van der Waals surface area contributed by atoms with E-state index < -0.39 is 5.82 Å². The van der Waals surface area contributed by atoms with E-state index in [1.807, 2.05) is 26.0 Å². The molecule has 166 valence electrons. The number of fused-ring (bicyclic) bond motifs is 3. The van der Waals surface area contributed by atoms with Crippen molar-refractivity contribution >= 4 is 56.6 Å². The minimum Gasteiger partial charge on any atom is -0.488 e. The number of nitrogens with zero attached hydrogens (tertiary/aromatic N) is 2. The van der Waals surface area contributed by atoms with Crippen LogP contribution in [0.2, 0.25) is 10.0 Å². The van der Waals surface area contributed by atoms with Crippen LogP contribution in [0.5, 0.6) is 5.75 Å². The van der Waals surface area contributed by atoms with Crippen molar-refractivity contribution in [1.82, 2.24) is 9.38 Å². The molecule has 0 bridgehead atoms. The second kappa shape index (κ2) is 8.45. The van der Waals surface area contributed by atoms with Crippen LogP contribution >= 0.6 is 34.5 Å². The quantitative estimate of drug-likeness (QED) is 0.300. The number of halogens is 3. The molecule has 0 aliphatic rings. The summed E-state index contributed by atoms with van der Waals surface area (Å²) in [6.07, 6.45) is 1.72. The van der Waals surface area contributed by atoms with Crippen molar-refractivity contribution in [2.45, 2.75) is 20.5 Å². The molecule has 0 saturated carbocycles. The lowest BCUT2D eigenvalue weighted by Gasteiger charge is -2.11. The Bertz CT molecular complexity index is 1640. The summed E-state index contributed by atoms with van der Waals surface area (Å²) < 4.78 is 22.1. The molecule has 3 aromatic carbocycles. The second-order valence-electron chi connectivity index (χ2n) is 7.74. The fourth-order valence-electron chi connectivity index (χ4n) is 3.64. The van der Waals surface area contributed by atoms with Crippen LogP contribution in [0.25, 0.3) is 22.1 Å². The summed E-state index contributed by atoms with van der Waals surface area (Å²) in [4.78, 5) is 18.5. The summed E-state index contributed by atoms with van der Waals surface area (Å²) in [5.74, 6) is 0.0150. The van der Waals surface area contributed by atoms with Crippen LogP contribution in [0.4, 0.5) is 4.39 Å². The summed E-state index contributed by atoms with van der Waals surface area (Å²) in [5.41, 5.74) is 4.50. The van der Waals surface area contributed by atoms with E-state index in [4.69, 9.17) is 27.9 Å². The Morgan fingerprint density at radius 2 is 1.91 bits per heavy atom. The van der Waals surface area contributed by atoms with Crippen LogP contribution in [0.1, 0.15) is 22.3 Å². The lowest BCUT2D eigenvalue weighted by atomic mass is 10.1. The van der Waals surface area contributed by atoms with Gasteiger partial charge in [0.25, 0.3) is 5.56 Å². The predicted molar refractivity (Wildman–Crippen MR) is 132 cm³/mol. The summed E-state index contributed by atoms with van der Waals surface area (Å²) in [6, 6.07) is 13.5. The minimum absolute atomic E-state index is 0.0603. The van der Waals surface area contributed by atoms with Crippen LogP contribution in [0, 0.1) is 19.7 Å². The van der Waals surface area contributed by atoms with Gasteiger partial charge in [0.2, 0.25) is 0 Å². The maximum absolute atomic E-state index is 14.1. The molecule has 0 unspecified atom stereocenters. The molecule has 0 aliphatic carbocycles. The summed E-state index contributed by atoms with van der Waals surface area (Å²) >= 11 is 13.6. The van der Waals surface area contributed by atoms with Gasteiger partial charge in [-0.05, 0) is 73.5 Å². The normalized spacial score (nSPS) is 12.2. The standard InChI is InChI=1S/C25H17Cl2FN2O2S/c1-13-8-20-21(9-14(13)2)30-24(31)23(33-25(30)29-20)11-15-10-16(26)6-7-22(15)32-12-17-18(27)4-3-5-19(17)28/h3-11H,12H2,1-2H3/b23-11-. The maximum Gasteiger partial charge on any atom is 0.274 e. The van der Waals surface area contributed by atoms with Gasteiger partial charge in [-0.1, -0.05) is 40.6 Å². The Morgan fingerprint density at radius 1 is 1.12 bits per heavy atom. The van der Waals surface area contributed by atoms with Gasteiger partial charge in [0, 0.05) is 16.1 Å². The highest BCUT2D eigenvalue weighted by Gasteiger charge is 2.14. The lowest BCUT2D eigenvalue weighted by molar-refractivity contribution is 0.299. The van der Waals surface area contributed by atoms with Crippen LogP contribution < -0.4 is 14.8 Å². The van der Waals surface area contributed by atoms with Gasteiger partial charge >= 0.3 is 0 Å². The average Bonchev–Trinajstić information content (AvgIpc) is 3.25. The third-order valence-corrected chi connectivity index (χ3v) is 7.10. The zero-order valence-electron chi connectivity index (χ0n) is 17.7. The Morgan fingerprint density at radius 3 is 2.70 bits per heavy atom. The molecule has 5 aromatic rings. The van der Waals surface area contributed by atoms with E-state index in [9.17, 15) is 9.18 Å². The van der Waals surface area contributed by atoms with Crippen molar-refractivity contribution in [3.63, 3.8) is 0 Å². The first kappa shape index (κ1) is 21.9. The number of rotatable bonds is 4. The van der Waals surface area contributed by atoms with Gasteiger partial charge in [0.05, 0.1) is 20.6 Å².